The van der Waals surface area contributed by atoms with Crippen LogP contribution in [-0.2, 0) is 17.8 Å². The molecule has 8 heteroatoms. The summed E-state index contributed by atoms with van der Waals surface area (Å²) in [7, 11) is 0. The number of fused-ring (bicyclic) bond motifs is 1. The molecule has 3 aromatic rings. The zero-order chi connectivity index (χ0) is 16.4. The third kappa shape index (κ3) is 3.93. The summed E-state index contributed by atoms with van der Waals surface area (Å²) in [6.45, 7) is 0.262. The number of nitrogens with zero attached hydrogens (tertiary/aromatic N) is 2. The molecule has 0 aliphatic heterocycles. The van der Waals surface area contributed by atoms with Gasteiger partial charge in [0.1, 0.15) is 5.82 Å². The third-order valence-electron chi connectivity index (χ3n) is 3.17. The molecular formula is C15H11Cl3N4O. The standard InChI is InChI=1S/C15H11Cl3N4O/c16-9-2-1-8(11(18)4-9)3-14(23)19-7-13-21-12-5-10(17)6-20-15(12)22-13/h1-2,4-6H,3,7H2,(H,19,23)(H,20,21,22). The Balaban J connectivity index is 1.63. The van der Waals surface area contributed by atoms with Crippen LogP contribution in [0.15, 0.2) is 30.5 Å². The SMILES string of the molecule is O=C(Cc1ccc(Cl)cc1Cl)NCc1nc2ncc(Cl)cc2[nH]1. The first-order valence-electron chi connectivity index (χ1n) is 6.72. The van der Waals surface area contributed by atoms with E-state index in [1.807, 2.05) is 0 Å². The van der Waals surface area contributed by atoms with Crippen molar-refractivity contribution >= 4 is 51.9 Å². The van der Waals surface area contributed by atoms with Gasteiger partial charge in [0, 0.05) is 16.2 Å². The van der Waals surface area contributed by atoms with E-state index in [0.717, 1.165) is 5.52 Å². The van der Waals surface area contributed by atoms with Gasteiger partial charge in [-0.1, -0.05) is 40.9 Å². The molecule has 0 saturated carbocycles. The van der Waals surface area contributed by atoms with Gasteiger partial charge in [0.05, 0.1) is 23.5 Å². The number of carbonyl (C=O) groups excluding carboxylic acids is 1. The van der Waals surface area contributed by atoms with Crippen LogP contribution in [0.25, 0.3) is 11.2 Å². The largest absolute Gasteiger partial charge is 0.349 e. The molecule has 2 heterocycles. The van der Waals surface area contributed by atoms with Gasteiger partial charge in [-0.3, -0.25) is 4.79 Å². The van der Waals surface area contributed by atoms with Crippen LogP contribution in [0.1, 0.15) is 11.4 Å². The molecule has 0 aliphatic carbocycles. The number of hydrogen-bond donors (Lipinski definition) is 2. The van der Waals surface area contributed by atoms with Crippen molar-refractivity contribution in [2.24, 2.45) is 0 Å². The Morgan fingerprint density at radius 1 is 1.17 bits per heavy atom. The van der Waals surface area contributed by atoms with E-state index in [1.54, 1.807) is 24.3 Å². The topological polar surface area (TPSA) is 70.7 Å². The quantitative estimate of drug-likeness (QED) is 0.735. The number of pyridine rings is 1. The van der Waals surface area contributed by atoms with Crippen LogP contribution in [0.3, 0.4) is 0 Å². The van der Waals surface area contributed by atoms with Crippen molar-refractivity contribution in [1.29, 1.82) is 0 Å². The molecule has 1 amide bonds. The van der Waals surface area contributed by atoms with Gasteiger partial charge in [-0.2, -0.15) is 0 Å². The van der Waals surface area contributed by atoms with E-state index in [-0.39, 0.29) is 18.9 Å². The Bertz CT molecular complexity index is 878. The van der Waals surface area contributed by atoms with Gasteiger partial charge in [-0.15, -0.1) is 0 Å². The summed E-state index contributed by atoms with van der Waals surface area (Å²) >= 11 is 17.8. The number of H-pyrrole nitrogens is 1. The first-order valence-corrected chi connectivity index (χ1v) is 7.85. The molecule has 2 aromatic heterocycles. The van der Waals surface area contributed by atoms with E-state index in [9.17, 15) is 4.79 Å². The van der Waals surface area contributed by atoms with Gasteiger partial charge in [-0.25, -0.2) is 9.97 Å². The molecule has 0 fully saturated rings. The summed E-state index contributed by atoms with van der Waals surface area (Å²) < 4.78 is 0. The van der Waals surface area contributed by atoms with E-state index in [1.165, 1.54) is 6.20 Å². The number of hydrogen-bond acceptors (Lipinski definition) is 3. The average Bonchev–Trinajstić information content (AvgIpc) is 2.90. The number of benzene rings is 1. The highest BCUT2D eigenvalue weighted by Gasteiger charge is 2.09. The fourth-order valence-corrected chi connectivity index (χ4v) is 2.72. The number of carbonyl (C=O) groups is 1. The summed E-state index contributed by atoms with van der Waals surface area (Å²) in [6.07, 6.45) is 1.69. The van der Waals surface area contributed by atoms with E-state index < -0.39 is 0 Å². The van der Waals surface area contributed by atoms with Gasteiger partial charge in [0.2, 0.25) is 5.91 Å². The van der Waals surface area contributed by atoms with Crippen LogP contribution in [0.4, 0.5) is 0 Å². The number of halogens is 3. The van der Waals surface area contributed by atoms with Gasteiger partial charge in [0.15, 0.2) is 5.65 Å². The normalized spacial score (nSPS) is 10.9. The zero-order valence-corrected chi connectivity index (χ0v) is 14.0. The molecule has 0 saturated heterocycles. The molecule has 118 valence electrons. The fourth-order valence-electron chi connectivity index (χ4n) is 2.09. The lowest BCUT2D eigenvalue weighted by molar-refractivity contribution is -0.120. The molecule has 5 nitrogen and oxygen atoms in total. The summed E-state index contributed by atoms with van der Waals surface area (Å²) in [5.41, 5.74) is 1.99. The van der Waals surface area contributed by atoms with Crippen molar-refractivity contribution in [3.05, 3.63) is 56.9 Å². The van der Waals surface area contributed by atoms with Crippen LogP contribution in [-0.4, -0.2) is 20.9 Å². The predicted octanol–water partition coefficient (Wildman–Crippen LogP) is 3.78. The summed E-state index contributed by atoms with van der Waals surface area (Å²) in [6, 6.07) is 6.78. The van der Waals surface area contributed by atoms with Crippen molar-refractivity contribution in [3.63, 3.8) is 0 Å². The molecular weight excluding hydrogens is 359 g/mol. The molecule has 23 heavy (non-hydrogen) atoms. The fraction of sp³-hybridized carbons (Fsp3) is 0.133. The van der Waals surface area contributed by atoms with E-state index >= 15 is 0 Å². The molecule has 0 bridgehead atoms. The second kappa shape index (κ2) is 6.74. The molecule has 1 aromatic carbocycles. The summed E-state index contributed by atoms with van der Waals surface area (Å²) in [5.74, 6) is 0.436. The second-order valence-corrected chi connectivity index (χ2v) is 6.18. The Kier molecular flexibility index (Phi) is 4.71. The van der Waals surface area contributed by atoms with Crippen LogP contribution < -0.4 is 5.32 Å². The molecule has 0 spiro atoms. The van der Waals surface area contributed by atoms with Gasteiger partial charge in [0.25, 0.3) is 0 Å². The van der Waals surface area contributed by atoms with Crippen molar-refractivity contribution in [2.75, 3.05) is 0 Å². The maximum Gasteiger partial charge on any atom is 0.224 e. The van der Waals surface area contributed by atoms with E-state index in [0.29, 0.717) is 32.1 Å². The Morgan fingerprint density at radius 2 is 2.00 bits per heavy atom. The monoisotopic (exact) mass is 368 g/mol. The lowest BCUT2D eigenvalue weighted by Crippen LogP contribution is -2.25. The molecule has 2 N–H and O–H groups in total. The van der Waals surface area contributed by atoms with E-state index in [2.05, 4.69) is 20.3 Å². The van der Waals surface area contributed by atoms with Crippen molar-refractivity contribution in [1.82, 2.24) is 20.3 Å². The van der Waals surface area contributed by atoms with E-state index in [4.69, 9.17) is 34.8 Å². The second-order valence-electron chi connectivity index (χ2n) is 4.90. The zero-order valence-electron chi connectivity index (χ0n) is 11.7. The van der Waals surface area contributed by atoms with Crippen LogP contribution >= 0.6 is 34.8 Å². The number of imidazole rings is 1. The minimum Gasteiger partial charge on any atom is -0.349 e. The van der Waals surface area contributed by atoms with Crippen molar-refractivity contribution in [2.45, 2.75) is 13.0 Å². The highest BCUT2D eigenvalue weighted by molar-refractivity contribution is 6.35. The molecule has 0 atom stereocenters. The first-order chi connectivity index (χ1) is 11.0. The minimum absolute atomic E-state index is 0.166. The van der Waals surface area contributed by atoms with Crippen molar-refractivity contribution in [3.8, 4) is 0 Å². The molecule has 0 radical (unpaired) electrons. The smallest absolute Gasteiger partial charge is 0.224 e. The Morgan fingerprint density at radius 3 is 2.78 bits per heavy atom. The maximum atomic E-state index is 12.0. The van der Waals surface area contributed by atoms with Crippen LogP contribution in [0.2, 0.25) is 15.1 Å². The highest BCUT2D eigenvalue weighted by atomic mass is 35.5. The van der Waals surface area contributed by atoms with Crippen LogP contribution in [0, 0.1) is 0 Å². The Labute approximate surface area is 147 Å². The lowest BCUT2D eigenvalue weighted by atomic mass is 10.1. The third-order valence-corrected chi connectivity index (χ3v) is 3.97. The lowest BCUT2D eigenvalue weighted by Gasteiger charge is -2.05. The number of aromatic nitrogens is 3. The molecule has 0 unspecified atom stereocenters. The summed E-state index contributed by atoms with van der Waals surface area (Å²) in [5, 5.41) is 4.30. The maximum absolute atomic E-state index is 12.0. The van der Waals surface area contributed by atoms with Crippen LogP contribution in [0.5, 0.6) is 0 Å². The predicted molar refractivity (Wildman–Crippen MR) is 90.9 cm³/mol. The molecule has 0 aliphatic rings. The average molecular weight is 370 g/mol. The first kappa shape index (κ1) is 16.1. The number of rotatable bonds is 4. The van der Waals surface area contributed by atoms with Gasteiger partial charge in [-0.05, 0) is 23.8 Å². The highest BCUT2D eigenvalue weighted by Crippen LogP contribution is 2.21. The van der Waals surface area contributed by atoms with Gasteiger partial charge >= 0.3 is 0 Å². The van der Waals surface area contributed by atoms with Gasteiger partial charge < -0.3 is 10.3 Å². The molecule has 3 rings (SSSR count). The minimum atomic E-state index is -0.166. The number of aromatic amines is 1. The number of amides is 1. The number of nitrogens with one attached hydrogen (secondary N) is 2. The Hall–Kier alpha value is -1.82. The summed E-state index contributed by atoms with van der Waals surface area (Å²) in [4.78, 5) is 23.4. The van der Waals surface area contributed by atoms with Crippen molar-refractivity contribution < 1.29 is 4.79 Å².